The third kappa shape index (κ3) is 4.64. The Morgan fingerprint density at radius 2 is 2.08 bits per heavy atom. The molecule has 1 aliphatic heterocycles. The summed E-state index contributed by atoms with van der Waals surface area (Å²) in [6.07, 6.45) is 2.30. The van der Waals surface area contributed by atoms with Gasteiger partial charge < -0.3 is 10.2 Å². The molecule has 1 aromatic heterocycles. The topological polar surface area (TPSA) is 75.5 Å². The van der Waals surface area contributed by atoms with E-state index in [2.05, 4.69) is 27.7 Å². The van der Waals surface area contributed by atoms with E-state index in [4.69, 9.17) is 0 Å². The summed E-state index contributed by atoms with van der Waals surface area (Å²) in [6, 6.07) is 10.1. The first-order valence-corrected chi connectivity index (χ1v) is 9.30. The molecule has 0 spiro atoms. The van der Waals surface area contributed by atoms with Crippen LogP contribution in [0.2, 0.25) is 0 Å². The summed E-state index contributed by atoms with van der Waals surface area (Å²) in [5, 5.41) is 15.8. The molecule has 2 aromatic rings. The van der Waals surface area contributed by atoms with Crippen molar-refractivity contribution in [2.75, 3.05) is 26.2 Å². The number of amides is 1. The van der Waals surface area contributed by atoms with Crippen molar-refractivity contribution in [1.82, 2.24) is 10.2 Å². The van der Waals surface area contributed by atoms with Gasteiger partial charge in [0.15, 0.2) is 0 Å². The first-order chi connectivity index (χ1) is 12.1. The normalized spacial score (nSPS) is 15.8. The van der Waals surface area contributed by atoms with Gasteiger partial charge >= 0.3 is 0 Å². The molecule has 1 N–H and O–H groups in total. The van der Waals surface area contributed by atoms with Crippen LogP contribution in [0.3, 0.4) is 0 Å². The number of nitrogens with zero attached hydrogens (tertiary/aromatic N) is 2. The first kappa shape index (κ1) is 17.6. The zero-order valence-corrected chi connectivity index (χ0v) is 14.7. The summed E-state index contributed by atoms with van der Waals surface area (Å²) >= 11 is 1.83. The van der Waals surface area contributed by atoms with E-state index in [9.17, 15) is 14.9 Å². The third-order valence-electron chi connectivity index (χ3n) is 4.57. The van der Waals surface area contributed by atoms with Crippen molar-refractivity contribution in [3.05, 3.63) is 62.3 Å². The van der Waals surface area contributed by atoms with Crippen molar-refractivity contribution in [1.29, 1.82) is 0 Å². The molecular weight excluding hydrogens is 338 g/mol. The Labute approximate surface area is 150 Å². The monoisotopic (exact) mass is 359 g/mol. The number of benzene rings is 1. The fourth-order valence-corrected chi connectivity index (χ4v) is 4.05. The van der Waals surface area contributed by atoms with E-state index in [1.807, 2.05) is 11.3 Å². The maximum atomic E-state index is 12.1. The standard InChI is InChI=1S/C18H21N3O3S/c22-18(15-3-1-4-16(13-15)21(23)24)19-8-11-20-9-6-14(7-10-20)17-5-2-12-25-17/h1-5,12-14H,6-11H2,(H,19,22). The Balaban J connectivity index is 1.42. The van der Waals surface area contributed by atoms with E-state index >= 15 is 0 Å². The molecule has 132 valence electrons. The van der Waals surface area contributed by atoms with E-state index in [1.165, 1.54) is 23.1 Å². The smallest absolute Gasteiger partial charge is 0.270 e. The van der Waals surface area contributed by atoms with Crippen molar-refractivity contribution < 1.29 is 9.72 Å². The number of thiophene rings is 1. The number of carbonyl (C=O) groups is 1. The van der Waals surface area contributed by atoms with Crippen molar-refractivity contribution in [3.63, 3.8) is 0 Å². The molecule has 0 unspecified atom stereocenters. The summed E-state index contributed by atoms with van der Waals surface area (Å²) in [4.78, 5) is 26.2. The van der Waals surface area contributed by atoms with Gasteiger partial charge in [-0.05, 0) is 49.4 Å². The van der Waals surface area contributed by atoms with Gasteiger partial charge in [-0.25, -0.2) is 0 Å². The van der Waals surface area contributed by atoms with Crippen LogP contribution in [0.15, 0.2) is 41.8 Å². The highest BCUT2D eigenvalue weighted by Crippen LogP contribution is 2.30. The summed E-state index contributed by atoms with van der Waals surface area (Å²) < 4.78 is 0. The molecule has 0 aliphatic carbocycles. The van der Waals surface area contributed by atoms with Crippen LogP contribution in [0.25, 0.3) is 0 Å². The summed E-state index contributed by atoms with van der Waals surface area (Å²) in [5.74, 6) is 0.396. The molecule has 0 atom stereocenters. The summed E-state index contributed by atoms with van der Waals surface area (Å²) in [6.45, 7) is 3.42. The molecule has 1 aromatic carbocycles. The minimum absolute atomic E-state index is 0.0664. The number of carbonyl (C=O) groups excluding carboxylic acids is 1. The van der Waals surface area contributed by atoms with E-state index < -0.39 is 4.92 Å². The fraction of sp³-hybridized carbons (Fsp3) is 0.389. The quantitative estimate of drug-likeness (QED) is 0.634. The number of rotatable bonds is 6. The van der Waals surface area contributed by atoms with Crippen LogP contribution in [0, 0.1) is 10.1 Å². The van der Waals surface area contributed by atoms with Gasteiger partial charge in [0, 0.05) is 35.7 Å². The second kappa shape index (κ2) is 8.22. The van der Waals surface area contributed by atoms with Gasteiger partial charge in [-0.1, -0.05) is 12.1 Å². The van der Waals surface area contributed by atoms with E-state index in [-0.39, 0.29) is 11.6 Å². The SMILES string of the molecule is O=C(NCCN1CCC(c2cccs2)CC1)c1cccc([N+](=O)[O-])c1. The van der Waals surface area contributed by atoms with Gasteiger partial charge in [-0.2, -0.15) is 0 Å². The van der Waals surface area contributed by atoms with Crippen LogP contribution in [0.1, 0.15) is 34.0 Å². The molecule has 1 amide bonds. The van der Waals surface area contributed by atoms with Gasteiger partial charge in [-0.3, -0.25) is 14.9 Å². The number of likely N-dealkylation sites (tertiary alicyclic amines) is 1. The lowest BCUT2D eigenvalue weighted by atomic mass is 9.95. The average Bonchev–Trinajstić information content (AvgIpc) is 3.17. The molecule has 2 heterocycles. The minimum atomic E-state index is -0.492. The second-order valence-electron chi connectivity index (χ2n) is 6.19. The van der Waals surface area contributed by atoms with Crippen LogP contribution < -0.4 is 5.32 Å². The van der Waals surface area contributed by atoms with Gasteiger partial charge in [0.2, 0.25) is 0 Å². The molecule has 1 saturated heterocycles. The number of nitro groups is 1. The lowest BCUT2D eigenvalue weighted by Crippen LogP contribution is -2.39. The number of nitro benzene ring substituents is 1. The maximum absolute atomic E-state index is 12.1. The molecule has 1 fully saturated rings. The number of piperidine rings is 1. The Kier molecular flexibility index (Phi) is 5.78. The highest BCUT2D eigenvalue weighted by molar-refractivity contribution is 7.10. The molecule has 1 aliphatic rings. The lowest BCUT2D eigenvalue weighted by molar-refractivity contribution is -0.384. The zero-order chi connectivity index (χ0) is 17.6. The van der Waals surface area contributed by atoms with Crippen molar-refractivity contribution in [2.45, 2.75) is 18.8 Å². The largest absolute Gasteiger partial charge is 0.351 e. The third-order valence-corrected chi connectivity index (χ3v) is 5.60. The van der Waals surface area contributed by atoms with Crippen LogP contribution >= 0.6 is 11.3 Å². The highest BCUT2D eigenvalue weighted by Gasteiger charge is 2.21. The highest BCUT2D eigenvalue weighted by atomic mass is 32.1. The number of hydrogen-bond acceptors (Lipinski definition) is 5. The van der Waals surface area contributed by atoms with Gasteiger partial charge in [-0.15, -0.1) is 11.3 Å². The van der Waals surface area contributed by atoms with Gasteiger partial charge in [0.05, 0.1) is 4.92 Å². The summed E-state index contributed by atoms with van der Waals surface area (Å²) in [5.41, 5.74) is 0.258. The molecule has 7 heteroatoms. The predicted octanol–water partition coefficient (Wildman–Crippen LogP) is 3.27. The van der Waals surface area contributed by atoms with Crippen LogP contribution in [-0.4, -0.2) is 41.9 Å². The van der Waals surface area contributed by atoms with Crippen LogP contribution in [0.4, 0.5) is 5.69 Å². The Morgan fingerprint density at radius 3 is 2.76 bits per heavy atom. The van der Waals surface area contributed by atoms with Crippen molar-refractivity contribution >= 4 is 22.9 Å². The van der Waals surface area contributed by atoms with Crippen molar-refractivity contribution in [3.8, 4) is 0 Å². The Hall–Kier alpha value is -2.25. The van der Waals surface area contributed by atoms with Crippen molar-refractivity contribution in [2.24, 2.45) is 0 Å². The molecule has 3 rings (SSSR count). The van der Waals surface area contributed by atoms with Crippen LogP contribution in [0.5, 0.6) is 0 Å². The number of hydrogen-bond donors (Lipinski definition) is 1. The average molecular weight is 359 g/mol. The fourth-order valence-electron chi connectivity index (χ4n) is 3.15. The Bertz CT molecular complexity index is 725. The van der Waals surface area contributed by atoms with E-state index in [1.54, 1.807) is 6.07 Å². The zero-order valence-electron chi connectivity index (χ0n) is 13.9. The molecule has 0 bridgehead atoms. The molecule has 0 saturated carbocycles. The lowest BCUT2D eigenvalue weighted by Gasteiger charge is -2.31. The molecule has 0 radical (unpaired) electrons. The number of non-ortho nitro benzene ring substituents is 1. The first-order valence-electron chi connectivity index (χ1n) is 8.42. The predicted molar refractivity (Wildman–Crippen MR) is 98.2 cm³/mol. The second-order valence-corrected chi connectivity index (χ2v) is 7.17. The van der Waals surface area contributed by atoms with Crippen LogP contribution in [-0.2, 0) is 0 Å². The summed E-state index contributed by atoms with van der Waals surface area (Å²) in [7, 11) is 0. The van der Waals surface area contributed by atoms with Gasteiger partial charge in [0.1, 0.15) is 0 Å². The van der Waals surface area contributed by atoms with E-state index in [0.29, 0.717) is 18.0 Å². The molecule has 6 nitrogen and oxygen atoms in total. The number of nitrogens with one attached hydrogen (secondary N) is 1. The minimum Gasteiger partial charge on any atom is -0.351 e. The maximum Gasteiger partial charge on any atom is 0.270 e. The van der Waals surface area contributed by atoms with E-state index in [0.717, 1.165) is 32.5 Å². The molecule has 25 heavy (non-hydrogen) atoms. The van der Waals surface area contributed by atoms with Gasteiger partial charge in [0.25, 0.3) is 11.6 Å². The molecular formula is C18H21N3O3S. The Morgan fingerprint density at radius 1 is 1.28 bits per heavy atom.